The van der Waals surface area contributed by atoms with Gasteiger partial charge in [0.1, 0.15) is 0 Å². The van der Waals surface area contributed by atoms with Gasteiger partial charge in [-0.15, -0.1) is 35.7 Å². The molecule has 0 aliphatic carbocycles. The quantitative estimate of drug-likeness (QED) is 0.169. The molecule has 2 N–H and O–H groups in total. The summed E-state index contributed by atoms with van der Waals surface area (Å²) < 4.78 is 25.2. The summed E-state index contributed by atoms with van der Waals surface area (Å²) >= 11 is 1.76. The van der Waals surface area contributed by atoms with Gasteiger partial charge in [-0.3, -0.25) is 4.99 Å². The molecule has 1 atom stereocenters. The highest BCUT2D eigenvalue weighted by Crippen LogP contribution is 2.16. The highest BCUT2D eigenvalue weighted by molar-refractivity contribution is 14.0. The van der Waals surface area contributed by atoms with Gasteiger partial charge < -0.3 is 10.6 Å². The number of nitrogens with one attached hydrogen (secondary N) is 2. The summed E-state index contributed by atoms with van der Waals surface area (Å²) in [6.45, 7) is 2.71. The molecule has 0 spiro atoms. The summed E-state index contributed by atoms with van der Waals surface area (Å²) in [7, 11) is -1.64. The van der Waals surface area contributed by atoms with Gasteiger partial charge in [0.05, 0.1) is 10.6 Å². The first-order valence-electron chi connectivity index (χ1n) is 8.98. The minimum Gasteiger partial charge on any atom is -0.356 e. The number of rotatable bonds is 9. The van der Waals surface area contributed by atoms with Crippen LogP contribution >= 0.6 is 35.7 Å². The van der Waals surface area contributed by atoms with Crippen LogP contribution in [0.15, 0.2) is 75.4 Å². The van der Waals surface area contributed by atoms with Gasteiger partial charge in [-0.25, -0.2) is 8.42 Å². The fourth-order valence-electron chi connectivity index (χ4n) is 2.49. The van der Waals surface area contributed by atoms with Crippen molar-refractivity contribution in [3.63, 3.8) is 0 Å². The van der Waals surface area contributed by atoms with E-state index in [1.165, 1.54) is 4.90 Å². The molecule has 2 aromatic carbocycles. The molecule has 0 heterocycles. The van der Waals surface area contributed by atoms with E-state index in [1.54, 1.807) is 43.1 Å². The minimum atomic E-state index is -3.34. The molecule has 2 aromatic rings. The maximum absolute atomic E-state index is 12.6. The predicted molar refractivity (Wildman–Crippen MR) is 130 cm³/mol. The third kappa shape index (κ3) is 8.40. The second-order valence-corrected chi connectivity index (χ2v) is 9.21. The number of guanidine groups is 1. The molecule has 0 aromatic heterocycles. The number of hydrogen-bond acceptors (Lipinski definition) is 4. The Labute approximate surface area is 189 Å². The molecule has 2 rings (SSSR count). The Balaban J connectivity index is 0.00000392. The van der Waals surface area contributed by atoms with Gasteiger partial charge in [-0.05, 0) is 30.7 Å². The monoisotopic (exact) mass is 533 g/mol. The Morgan fingerprint density at radius 3 is 2.25 bits per heavy atom. The smallest absolute Gasteiger partial charge is 0.191 e. The molecule has 1 unspecified atom stereocenters. The van der Waals surface area contributed by atoms with E-state index < -0.39 is 9.84 Å². The molecule has 0 saturated heterocycles. The summed E-state index contributed by atoms with van der Waals surface area (Å²) in [5.41, 5.74) is 0. The first-order valence-corrected chi connectivity index (χ1v) is 11.6. The zero-order valence-corrected chi connectivity index (χ0v) is 20.1. The van der Waals surface area contributed by atoms with Crippen molar-refractivity contribution in [3.05, 3.63) is 60.7 Å². The van der Waals surface area contributed by atoms with Gasteiger partial charge in [0.25, 0.3) is 0 Å². The van der Waals surface area contributed by atoms with Gasteiger partial charge in [-0.2, -0.15) is 0 Å². The highest BCUT2D eigenvalue weighted by atomic mass is 127. The molecule has 0 aliphatic rings. The number of benzene rings is 2. The lowest BCUT2D eigenvalue weighted by atomic mass is 10.3. The summed E-state index contributed by atoms with van der Waals surface area (Å²) in [6, 6.07) is 18.6. The van der Waals surface area contributed by atoms with Crippen molar-refractivity contribution in [3.8, 4) is 0 Å². The van der Waals surface area contributed by atoms with E-state index in [9.17, 15) is 8.42 Å². The van der Waals surface area contributed by atoms with Crippen LogP contribution in [0.2, 0.25) is 0 Å². The van der Waals surface area contributed by atoms with Gasteiger partial charge in [0.15, 0.2) is 15.8 Å². The SMILES string of the molecule is CCC(CS(=O)(=O)c1ccccc1)NC(=NC)NCCSc1ccccc1.I. The van der Waals surface area contributed by atoms with Crippen LogP contribution in [0.4, 0.5) is 0 Å². The lowest BCUT2D eigenvalue weighted by Gasteiger charge is -2.20. The van der Waals surface area contributed by atoms with Crippen LogP contribution in [0, 0.1) is 0 Å². The molecule has 0 radical (unpaired) electrons. The van der Waals surface area contributed by atoms with E-state index in [1.807, 2.05) is 31.2 Å². The van der Waals surface area contributed by atoms with Crippen LogP contribution in [0.5, 0.6) is 0 Å². The average molecular weight is 534 g/mol. The second-order valence-electron chi connectivity index (χ2n) is 6.00. The maximum atomic E-state index is 12.6. The van der Waals surface area contributed by atoms with Crippen molar-refractivity contribution in [2.75, 3.05) is 25.1 Å². The first kappa shape index (κ1) is 24.8. The zero-order chi connectivity index (χ0) is 19.5. The van der Waals surface area contributed by atoms with Gasteiger partial charge >= 0.3 is 0 Å². The Bertz CT molecular complexity index is 816. The van der Waals surface area contributed by atoms with Crippen LogP contribution in [0.25, 0.3) is 0 Å². The fraction of sp³-hybridized carbons (Fsp3) is 0.350. The molecule has 154 valence electrons. The Kier molecular flexibility index (Phi) is 11.6. The average Bonchev–Trinajstić information content (AvgIpc) is 2.70. The van der Waals surface area contributed by atoms with E-state index in [4.69, 9.17) is 0 Å². The molecule has 0 saturated carbocycles. The predicted octanol–water partition coefficient (Wildman–Crippen LogP) is 3.81. The summed E-state index contributed by atoms with van der Waals surface area (Å²) in [4.78, 5) is 5.79. The van der Waals surface area contributed by atoms with Gasteiger partial charge in [-0.1, -0.05) is 43.3 Å². The minimum absolute atomic E-state index is 0. The first-order chi connectivity index (χ1) is 13.0. The van der Waals surface area contributed by atoms with Crippen LogP contribution in [0.1, 0.15) is 13.3 Å². The van der Waals surface area contributed by atoms with E-state index >= 15 is 0 Å². The number of aliphatic imine (C=N–C) groups is 1. The van der Waals surface area contributed by atoms with E-state index in [0.29, 0.717) is 17.3 Å². The lowest BCUT2D eigenvalue weighted by Crippen LogP contribution is -2.46. The molecule has 8 heteroatoms. The Morgan fingerprint density at radius 1 is 1.07 bits per heavy atom. The van der Waals surface area contributed by atoms with Crippen LogP contribution in [-0.2, 0) is 9.84 Å². The normalized spacial score (nSPS) is 12.7. The Morgan fingerprint density at radius 2 is 1.68 bits per heavy atom. The van der Waals surface area contributed by atoms with Crippen molar-refractivity contribution >= 4 is 51.5 Å². The maximum Gasteiger partial charge on any atom is 0.191 e. The summed E-state index contributed by atoms with van der Waals surface area (Å²) in [6.07, 6.45) is 0.686. The van der Waals surface area contributed by atoms with Crippen molar-refractivity contribution in [2.24, 2.45) is 4.99 Å². The molecule has 0 amide bonds. The van der Waals surface area contributed by atoms with Crippen molar-refractivity contribution < 1.29 is 8.42 Å². The molecular weight excluding hydrogens is 505 g/mol. The number of thioether (sulfide) groups is 1. The number of halogens is 1. The standard InChI is InChI=1S/C20H27N3O2S2.HI/c1-3-17(16-27(24,25)19-12-8-5-9-13-19)23-20(21-2)22-14-15-26-18-10-6-4-7-11-18;/h4-13,17H,3,14-16H2,1-2H3,(H2,21,22,23);1H. The summed E-state index contributed by atoms with van der Waals surface area (Å²) in [5.74, 6) is 1.55. The van der Waals surface area contributed by atoms with Crippen LogP contribution in [-0.4, -0.2) is 45.5 Å². The number of nitrogens with zero attached hydrogens (tertiary/aromatic N) is 1. The molecule has 0 aliphatic heterocycles. The van der Waals surface area contributed by atoms with Gasteiger partial charge in [0.2, 0.25) is 0 Å². The molecule has 0 fully saturated rings. The lowest BCUT2D eigenvalue weighted by molar-refractivity contribution is 0.569. The Hall–Kier alpha value is -1.26. The van der Waals surface area contributed by atoms with Crippen LogP contribution < -0.4 is 10.6 Å². The summed E-state index contributed by atoms with van der Waals surface area (Å²) in [5, 5.41) is 6.48. The number of hydrogen-bond donors (Lipinski definition) is 2. The third-order valence-electron chi connectivity index (χ3n) is 3.99. The van der Waals surface area contributed by atoms with E-state index in [2.05, 4.69) is 27.8 Å². The topological polar surface area (TPSA) is 70.6 Å². The molecule has 28 heavy (non-hydrogen) atoms. The van der Waals surface area contributed by atoms with E-state index in [0.717, 1.165) is 12.3 Å². The van der Waals surface area contributed by atoms with E-state index in [-0.39, 0.29) is 35.8 Å². The molecule has 5 nitrogen and oxygen atoms in total. The number of sulfone groups is 1. The second kappa shape index (κ2) is 13.1. The largest absolute Gasteiger partial charge is 0.356 e. The van der Waals surface area contributed by atoms with Crippen molar-refractivity contribution in [1.29, 1.82) is 0 Å². The van der Waals surface area contributed by atoms with Crippen molar-refractivity contribution in [2.45, 2.75) is 29.2 Å². The fourth-order valence-corrected chi connectivity index (χ4v) is 4.90. The molecule has 0 bridgehead atoms. The highest BCUT2D eigenvalue weighted by Gasteiger charge is 2.20. The third-order valence-corrected chi connectivity index (χ3v) is 6.83. The molecular formula is C20H28IN3O2S2. The zero-order valence-electron chi connectivity index (χ0n) is 16.2. The van der Waals surface area contributed by atoms with Gasteiger partial charge in [0, 0.05) is 30.3 Å². The van der Waals surface area contributed by atoms with Crippen molar-refractivity contribution in [1.82, 2.24) is 10.6 Å². The van der Waals surface area contributed by atoms with Crippen LogP contribution in [0.3, 0.4) is 0 Å².